The first-order chi connectivity index (χ1) is 7.25. The van der Waals surface area contributed by atoms with Crippen molar-refractivity contribution in [1.82, 2.24) is 5.32 Å². The van der Waals surface area contributed by atoms with E-state index in [9.17, 15) is 4.79 Å². The van der Waals surface area contributed by atoms with E-state index in [-0.39, 0.29) is 11.5 Å². The quantitative estimate of drug-likeness (QED) is 0.543. The number of nitrogens with one attached hydrogen (secondary N) is 1. The van der Waals surface area contributed by atoms with E-state index in [4.69, 9.17) is 4.74 Å². The molecule has 0 aliphatic carbocycles. The van der Waals surface area contributed by atoms with Gasteiger partial charge in [-0.2, -0.15) is 0 Å². The Morgan fingerprint density at radius 2 is 2.20 bits per heavy atom. The number of ether oxygens (including phenoxy) is 1. The molecule has 3 heteroatoms. The first kappa shape index (κ1) is 12.5. The molecule has 1 fully saturated rings. The van der Waals surface area contributed by atoms with Crippen LogP contribution in [0.3, 0.4) is 0 Å². The number of hydrogen-bond donors (Lipinski definition) is 1. The Morgan fingerprint density at radius 1 is 1.40 bits per heavy atom. The Bertz CT molecular complexity index is 198. The van der Waals surface area contributed by atoms with Gasteiger partial charge >= 0.3 is 5.97 Å². The SMILES string of the molecule is CCCCCOC(=O)C1(CC)CCCN1. The fourth-order valence-electron chi connectivity index (χ4n) is 2.08. The maximum Gasteiger partial charge on any atom is 0.326 e. The zero-order valence-corrected chi connectivity index (χ0v) is 9.97. The van der Waals surface area contributed by atoms with Crippen LogP contribution in [0.2, 0.25) is 0 Å². The van der Waals surface area contributed by atoms with Gasteiger partial charge in [-0.05, 0) is 32.2 Å². The van der Waals surface area contributed by atoms with Crippen LogP contribution in [0.25, 0.3) is 0 Å². The van der Waals surface area contributed by atoms with E-state index in [1.807, 2.05) is 6.92 Å². The molecule has 0 aromatic carbocycles. The van der Waals surface area contributed by atoms with Crippen molar-refractivity contribution >= 4 is 5.97 Å². The molecule has 15 heavy (non-hydrogen) atoms. The van der Waals surface area contributed by atoms with Crippen molar-refractivity contribution in [3.8, 4) is 0 Å². The predicted octanol–water partition coefficient (Wildman–Crippen LogP) is 2.25. The minimum Gasteiger partial charge on any atom is -0.464 e. The van der Waals surface area contributed by atoms with Gasteiger partial charge in [0.25, 0.3) is 0 Å². The largest absolute Gasteiger partial charge is 0.464 e. The zero-order chi connectivity index (χ0) is 11.1. The highest BCUT2D eigenvalue weighted by Gasteiger charge is 2.40. The predicted molar refractivity (Wildman–Crippen MR) is 60.7 cm³/mol. The Balaban J connectivity index is 2.31. The van der Waals surface area contributed by atoms with Gasteiger partial charge in [-0.3, -0.25) is 4.79 Å². The molecule has 0 amide bonds. The second kappa shape index (κ2) is 6.11. The summed E-state index contributed by atoms with van der Waals surface area (Å²) in [5.74, 6) is -0.0430. The Hall–Kier alpha value is -0.570. The minimum atomic E-state index is -0.369. The second-order valence-corrected chi connectivity index (χ2v) is 4.31. The molecular weight excluding hydrogens is 190 g/mol. The van der Waals surface area contributed by atoms with Gasteiger partial charge in [0.05, 0.1) is 6.61 Å². The number of carbonyl (C=O) groups excluding carboxylic acids is 1. The van der Waals surface area contributed by atoms with Crippen molar-refractivity contribution in [2.75, 3.05) is 13.2 Å². The van der Waals surface area contributed by atoms with Gasteiger partial charge in [-0.15, -0.1) is 0 Å². The topological polar surface area (TPSA) is 38.3 Å². The molecule has 1 aliphatic heterocycles. The summed E-state index contributed by atoms with van der Waals surface area (Å²) in [6.07, 6.45) is 6.13. The molecule has 1 saturated heterocycles. The molecule has 1 rings (SSSR count). The fourth-order valence-corrected chi connectivity index (χ4v) is 2.08. The molecule has 3 nitrogen and oxygen atoms in total. The van der Waals surface area contributed by atoms with Crippen LogP contribution in [0.4, 0.5) is 0 Å². The monoisotopic (exact) mass is 213 g/mol. The molecule has 88 valence electrons. The van der Waals surface area contributed by atoms with Crippen molar-refractivity contribution in [3.63, 3.8) is 0 Å². The van der Waals surface area contributed by atoms with Gasteiger partial charge in [-0.1, -0.05) is 26.7 Å². The maximum atomic E-state index is 11.9. The van der Waals surface area contributed by atoms with Crippen LogP contribution in [-0.2, 0) is 9.53 Å². The first-order valence-electron chi connectivity index (χ1n) is 6.17. The molecule has 0 spiro atoms. The van der Waals surface area contributed by atoms with Crippen molar-refractivity contribution in [3.05, 3.63) is 0 Å². The number of esters is 1. The molecular formula is C12H23NO2. The van der Waals surface area contributed by atoms with Gasteiger partial charge in [0.2, 0.25) is 0 Å². The van der Waals surface area contributed by atoms with Gasteiger partial charge in [0.1, 0.15) is 5.54 Å². The molecule has 1 aliphatic rings. The molecule has 1 unspecified atom stereocenters. The van der Waals surface area contributed by atoms with Crippen LogP contribution in [-0.4, -0.2) is 24.7 Å². The normalized spacial score (nSPS) is 25.5. The summed E-state index contributed by atoms with van der Waals surface area (Å²) in [4.78, 5) is 11.9. The number of rotatable bonds is 6. The summed E-state index contributed by atoms with van der Waals surface area (Å²) in [6, 6.07) is 0. The molecule has 1 N–H and O–H groups in total. The van der Waals surface area contributed by atoms with E-state index in [1.54, 1.807) is 0 Å². The van der Waals surface area contributed by atoms with Gasteiger partial charge < -0.3 is 10.1 Å². The van der Waals surface area contributed by atoms with Crippen molar-refractivity contribution in [2.24, 2.45) is 0 Å². The minimum absolute atomic E-state index is 0.0430. The van der Waals surface area contributed by atoms with E-state index >= 15 is 0 Å². The summed E-state index contributed by atoms with van der Waals surface area (Å²) in [5, 5.41) is 3.29. The van der Waals surface area contributed by atoms with Crippen LogP contribution in [0.5, 0.6) is 0 Å². The van der Waals surface area contributed by atoms with Crippen molar-refractivity contribution < 1.29 is 9.53 Å². The summed E-state index contributed by atoms with van der Waals surface area (Å²) in [6.45, 7) is 5.72. The van der Waals surface area contributed by atoms with Crippen molar-refractivity contribution in [2.45, 2.75) is 57.9 Å². The van der Waals surface area contributed by atoms with E-state index in [1.165, 1.54) is 0 Å². The lowest BCUT2D eigenvalue weighted by molar-refractivity contribution is -0.151. The van der Waals surface area contributed by atoms with Gasteiger partial charge in [-0.25, -0.2) is 0 Å². The highest BCUT2D eigenvalue weighted by atomic mass is 16.5. The summed E-state index contributed by atoms with van der Waals surface area (Å²) >= 11 is 0. The average molecular weight is 213 g/mol. The van der Waals surface area contributed by atoms with Crippen LogP contribution >= 0.6 is 0 Å². The number of carbonyl (C=O) groups is 1. The van der Waals surface area contributed by atoms with E-state index < -0.39 is 0 Å². The lowest BCUT2D eigenvalue weighted by atomic mass is 9.94. The maximum absolute atomic E-state index is 11.9. The third-order valence-electron chi connectivity index (χ3n) is 3.22. The lowest BCUT2D eigenvalue weighted by Gasteiger charge is -2.25. The first-order valence-corrected chi connectivity index (χ1v) is 6.17. The molecule has 1 atom stereocenters. The number of unbranched alkanes of at least 4 members (excludes halogenated alkanes) is 2. The van der Waals surface area contributed by atoms with Crippen LogP contribution < -0.4 is 5.32 Å². The second-order valence-electron chi connectivity index (χ2n) is 4.31. The molecule has 1 heterocycles. The van der Waals surface area contributed by atoms with E-state index in [2.05, 4.69) is 12.2 Å². The average Bonchev–Trinajstić information content (AvgIpc) is 2.74. The van der Waals surface area contributed by atoms with Crippen LogP contribution in [0, 0.1) is 0 Å². The lowest BCUT2D eigenvalue weighted by Crippen LogP contribution is -2.48. The Morgan fingerprint density at radius 3 is 2.73 bits per heavy atom. The number of hydrogen-bond acceptors (Lipinski definition) is 3. The zero-order valence-electron chi connectivity index (χ0n) is 9.97. The molecule has 0 aromatic heterocycles. The molecule has 0 aromatic rings. The summed E-state index contributed by atoms with van der Waals surface area (Å²) in [7, 11) is 0. The van der Waals surface area contributed by atoms with Crippen LogP contribution in [0.1, 0.15) is 52.4 Å². The summed E-state index contributed by atoms with van der Waals surface area (Å²) in [5.41, 5.74) is -0.369. The molecule has 0 bridgehead atoms. The highest BCUT2D eigenvalue weighted by molar-refractivity contribution is 5.81. The molecule has 0 radical (unpaired) electrons. The Labute approximate surface area is 92.6 Å². The van der Waals surface area contributed by atoms with Crippen LogP contribution in [0.15, 0.2) is 0 Å². The highest BCUT2D eigenvalue weighted by Crippen LogP contribution is 2.24. The smallest absolute Gasteiger partial charge is 0.326 e. The van der Waals surface area contributed by atoms with Crippen molar-refractivity contribution in [1.29, 1.82) is 0 Å². The van der Waals surface area contributed by atoms with Gasteiger partial charge in [0.15, 0.2) is 0 Å². The summed E-state index contributed by atoms with van der Waals surface area (Å²) < 4.78 is 5.32. The third-order valence-corrected chi connectivity index (χ3v) is 3.22. The Kier molecular flexibility index (Phi) is 5.09. The van der Waals surface area contributed by atoms with Gasteiger partial charge in [0, 0.05) is 0 Å². The molecule has 0 saturated carbocycles. The van der Waals surface area contributed by atoms with E-state index in [0.717, 1.165) is 45.1 Å². The standard InChI is InChI=1S/C12H23NO2/c1-3-5-6-10-15-11(14)12(4-2)8-7-9-13-12/h13H,3-10H2,1-2H3. The van der Waals surface area contributed by atoms with E-state index in [0.29, 0.717) is 6.61 Å². The third kappa shape index (κ3) is 3.20. The fraction of sp³-hybridized carbons (Fsp3) is 0.917.